The zero-order valence-electron chi connectivity index (χ0n) is 12.9. The van der Waals surface area contributed by atoms with Crippen LogP contribution in [0, 0.1) is 16.0 Å². The van der Waals surface area contributed by atoms with Gasteiger partial charge in [0.15, 0.2) is 0 Å². The number of nitrogens with zero attached hydrogens (tertiary/aromatic N) is 1. The van der Waals surface area contributed by atoms with E-state index in [2.05, 4.69) is 19.2 Å². The van der Waals surface area contributed by atoms with Crippen LogP contribution in [0.5, 0.6) is 0 Å². The first kappa shape index (κ1) is 16.9. The Balaban J connectivity index is 2.06. The van der Waals surface area contributed by atoms with Crippen molar-refractivity contribution in [3.63, 3.8) is 0 Å². The van der Waals surface area contributed by atoms with Crippen LogP contribution in [0.4, 0.5) is 5.69 Å². The van der Waals surface area contributed by atoms with Crippen LogP contribution in [0.1, 0.15) is 30.3 Å². The van der Waals surface area contributed by atoms with Crippen molar-refractivity contribution >= 4 is 29.0 Å². The number of nitro benzene ring substituents is 1. The summed E-state index contributed by atoms with van der Waals surface area (Å²) < 4.78 is 0. The molecule has 0 radical (unpaired) electrons. The second-order valence-corrected chi connectivity index (χ2v) is 6.41. The molecule has 2 rings (SSSR count). The van der Waals surface area contributed by atoms with Crippen LogP contribution in [0.25, 0.3) is 6.08 Å². The predicted molar refractivity (Wildman–Crippen MR) is 92.2 cm³/mol. The Kier molecular flexibility index (Phi) is 5.65. The number of non-ortho nitro benzene ring substituents is 1. The number of amides is 1. The first-order chi connectivity index (χ1) is 11.0. The molecule has 1 aromatic heterocycles. The SMILES string of the molecule is CC(C)[C@H](NC(=O)/C=C/c1cccc([N+](=O)[O-])c1)c1cccs1. The number of rotatable bonds is 6. The molecular weight excluding hydrogens is 312 g/mol. The molecule has 23 heavy (non-hydrogen) atoms. The van der Waals surface area contributed by atoms with Crippen molar-refractivity contribution in [2.24, 2.45) is 5.92 Å². The normalized spacial score (nSPS) is 12.5. The summed E-state index contributed by atoms with van der Waals surface area (Å²) in [5.41, 5.74) is 0.623. The first-order valence-electron chi connectivity index (χ1n) is 7.24. The van der Waals surface area contributed by atoms with Gasteiger partial charge >= 0.3 is 0 Å². The third kappa shape index (κ3) is 4.75. The quantitative estimate of drug-likeness (QED) is 0.490. The van der Waals surface area contributed by atoms with E-state index < -0.39 is 4.92 Å². The van der Waals surface area contributed by atoms with E-state index in [4.69, 9.17) is 0 Å². The lowest BCUT2D eigenvalue weighted by Crippen LogP contribution is -2.29. The monoisotopic (exact) mass is 330 g/mol. The second-order valence-electron chi connectivity index (χ2n) is 5.43. The van der Waals surface area contributed by atoms with Crippen molar-refractivity contribution in [1.29, 1.82) is 0 Å². The van der Waals surface area contributed by atoms with Crippen LogP contribution >= 0.6 is 11.3 Å². The molecule has 0 saturated carbocycles. The molecule has 1 atom stereocenters. The van der Waals surface area contributed by atoms with Crippen LogP contribution in [-0.2, 0) is 4.79 Å². The molecule has 1 aromatic carbocycles. The van der Waals surface area contributed by atoms with Gasteiger partial charge in [0, 0.05) is 23.1 Å². The van der Waals surface area contributed by atoms with Gasteiger partial charge in [0.25, 0.3) is 5.69 Å². The molecule has 0 aliphatic heterocycles. The zero-order chi connectivity index (χ0) is 16.8. The maximum absolute atomic E-state index is 12.1. The van der Waals surface area contributed by atoms with E-state index in [0.29, 0.717) is 5.56 Å². The molecule has 0 saturated heterocycles. The van der Waals surface area contributed by atoms with Crippen LogP contribution < -0.4 is 5.32 Å². The highest BCUT2D eigenvalue weighted by Crippen LogP contribution is 2.25. The predicted octanol–water partition coefficient (Wildman–Crippen LogP) is 4.18. The lowest BCUT2D eigenvalue weighted by molar-refractivity contribution is -0.384. The highest BCUT2D eigenvalue weighted by Gasteiger charge is 2.18. The molecule has 1 heterocycles. The van der Waals surface area contributed by atoms with Crippen molar-refractivity contribution in [2.75, 3.05) is 0 Å². The molecule has 1 N–H and O–H groups in total. The van der Waals surface area contributed by atoms with E-state index in [1.165, 1.54) is 18.2 Å². The molecule has 0 bridgehead atoms. The van der Waals surface area contributed by atoms with Gasteiger partial charge in [-0.1, -0.05) is 32.0 Å². The molecule has 5 nitrogen and oxygen atoms in total. The van der Waals surface area contributed by atoms with E-state index in [9.17, 15) is 14.9 Å². The van der Waals surface area contributed by atoms with E-state index in [-0.39, 0.29) is 23.6 Å². The molecule has 6 heteroatoms. The Bertz CT molecular complexity index is 708. The van der Waals surface area contributed by atoms with Crippen LogP contribution in [0.15, 0.2) is 47.9 Å². The minimum Gasteiger partial charge on any atom is -0.345 e. The number of carbonyl (C=O) groups is 1. The molecule has 0 fully saturated rings. The average Bonchev–Trinajstić information content (AvgIpc) is 3.04. The van der Waals surface area contributed by atoms with Gasteiger partial charge < -0.3 is 5.32 Å². The molecule has 1 amide bonds. The molecule has 2 aromatic rings. The van der Waals surface area contributed by atoms with E-state index in [0.717, 1.165) is 4.88 Å². The lowest BCUT2D eigenvalue weighted by atomic mass is 10.0. The van der Waals surface area contributed by atoms with Crippen molar-refractivity contribution < 1.29 is 9.72 Å². The number of nitrogens with one attached hydrogen (secondary N) is 1. The summed E-state index contributed by atoms with van der Waals surface area (Å²) in [4.78, 5) is 23.5. The standard InChI is InChI=1S/C17H18N2O3S/c1-12(2)17(15-7-4-10-23-15)18-16(20)9-8-13-5-3-6-14(11-13)19(21)22/h3-12,17H,1-2H3,(H,18,20)/b9-8+/t17-/m0/s1. The number of nitro groups is 1. The molecule has 0 aliphatic carbocycles. The third-order valence-corrected chi connectivity index (χ3v) is 4.28. The minimum absolute atomic E-state index is 0.00574. The van der Waals surface area contributed by atoms with Gasteiger partial charge in [0.05, 0.1) is 11.0 Å². The molecule has 120 valence electrons. The zero-order valence-corrected chi connectivity index (χ0v) is 13.7. The Morgan fingerprint density at radius 1 is 1.30 bits per heavy atom. The highest BCUT2D eigenvalue weighted by molar-refractivity contribution is 7.10. The van der Waals surface area contributed by atoms with Crippen LogP contribution in [-0.4, -0.2) is 10.8 Å². The molecular formula is C17H18N2O3S. The summed E-state index contributed by atoms with van der Waals surface area (Å²) in [7, 11) is 0. The van der Waals surface area contributed by atoms with E-state index in [1.807, 2.05) is 17.5 Å². The van der Waals surface area contributed by atoms with Crippen molar-refractivity contribution in [3.8, 4) is 0 Å². The Hall–Kier alpha value is -2.47. The van der Waals surface area contributed by atoms with Crippen molar-refractivity contribution in [1.82, 2.24) is 5.32 Å². The third-order valence-electron chi connectivity index (χ3n) is 3.32. The van der Waals surface area contributed by atoms with Crippen molar-refractivity contribution in [3.05, 3.63) is 68.4 Å². The van der Waals surface area contributed by atoms with Gasteiger partial charge in [-0.3, -0.25) is 14.9 Å². The summed E-state index contributed by atoms with van der Waals surface area (Å²) >= 11 is 1.61. The van der Waals surface area contributed by atoms with Crippen LogP contribution in [0.2, 0.25) is 0 Å². The van der Waals surface area contributed by atoms with E-state index >= 15 is 0 Å². The van der Waals surface area contributed by atoms with Gasteiger partial charge in [0.1, 0.15) is 0 Å². The van der Waals surface area contributed by atoms with Gasteiger partial charge in [-0.2, -0.15) is 0 Å². The van der Waals surface area contributed by atoms with Gasteiger partial charge in [-0.05, 0) is 29.0 Å². The summed E-state index contributed by atoms with van der Waals surface area (Å²) in [6.07, 6.45) is 2.98. The molecule has 0 unspecified atom stereocenters. The number of benzene rings is 1. The second kappa shape index (κ2) is 7.69. The number of thiophene rings is 1. The maximum Gasteiger partial charge on any atom is 0.270 e. The minimum atomic E-state index is -0.455. The van der Waals surface area contributed by atoms with Gasteiger partial charge in [0.2, 0.25) is 5.91 Å². The Morgan fingerprint density at radius 3 is 2.70 bits per heavy atom. The lowest BCUT2D eigenvalue weighted by Gasteiger charge is -2.20. The fourth-order valence-corrected chi connectivity index (χ4v) is 3.10. The summed E-state index contributed by atoms with van der Waals surface area (Å²) in [6, 6.07) is 10.1. The first-order valence-corrected chi connectivity index (χ1v) is 8.12. The highest BCUT2D eigenvalue weighted by atomic mass is 32.1. The topological polar surface area (TPSA) is 72.2 Å². The maximum atomic E-state index is 12.1. The Morgan fingerprint density at radius 2 is 2.09 bits per heavy atom. The average molecular weight is 330 g/mol. The molecule has 0 aliphatic rings. The smallest absolute Gasteiger partial charge is 0.270 e. The van der Waals surface area contributed by atoms with Gasteiger partial charge in [-0.15, -0.1) is 11.3 Å². The Labute approximate surface area is 138 Å². The number of hydrogen-bond acceptors (Lipinski definition) is 4. The fraction of sp³-hybridized carbons (Fsp3) is 0.235. The summed E-state index contributed by atoms with van der Waals surface area (Å²) in [5.74, 6) is 0.0485. The van der Waals surface area contributed by atoms with Gasteiger partial charge in [-0.25, -0.2) is 0 Å². The largest absolute Gasteiger partial charge is 0.345 e. The van der Waals surface area contributed by atoms with Crippen molar-refractivity contribution in [2.45, 2.75) is 19.9 Å². The number of carbonyl (C=O) groups excluding carboxylic acids is 1. The van der Waals surface area contributed by atoms with E-state index in [1.54, 1.807) is 29.5 Å². The summed E-state index contributed by atoms with van der Waals surface area (Å²) in [6.45, 7) is 4.10. The fourth-order valence-electron chi connectivity index (χ4n) is 2.15. The summed E-state index contributed by atoms with van der Waals surface area (Å²) in [5, 5.41) is 15.7. The molecule has 0 spiro atoms. The number of hydrogen-bond donors (Lipinski definition) is 1. The van der Waals surface area contributed by atoms with Crippen LogP contribution in [0.3, 0.4) is 0 Å².